The quantitative estimate of drug-likeness (QED) is 0.840. The molecule has 0 saturated heterocycles. The topological polar surface area (TPSA) is 38.3 Å². The number of halogens is 3. The molecule has 1 N–H and O–H groups in total. The minimum atomic E-state index is -0.957. The maximum absolute atomic E-state index is 13.7. The van der Waals surface area contributed by atoms with Crippen LogP contribution in [-0.2, 0) is 9.53 Å². The molecule has 2 aromatic rings. The number of anilines is 1. The van der Waals surface area contributed by atoms with Crippen molar-refractivity contribution in [1.29, 1.82) is 0 Å². The monoisotopic (exact) mass is 355 g/mol. The average Bonchev–Trinajstić information content (AvgIpc) is 2.46. The number of esters is 1. The van der Waals surface area contributed by atoms with Crippen LogP contribution in [0.1, 0.15) is 11.6 Å². The number of methoxy groups -OCH3 is 1. The Kier molecular flexibility index (Phi) is 4.90. The predicted octanol–water partition coefficient (Wildman–Crippen LogP) is 4.05. The third-order valence-electron chi connectivity index (χ3n) is 2.88. The van der Waals surface area contributed by atoms with Crippen LogP contribution in [0.3, 0.4) is 0 Å². The largest absolute Gasteiger partial charge is 0.467 e. The van der Waals surface area contributed by atoms with E-state index in [0.29, 0.717) is 10.0 Å². The third-order valence-corrected chi connectivity index (χ3v) is 3.57. The summed E-state index contributed by atoms with van der Waals surface area (Å²) in [4.78, 5) is 11.9. The fourth-order valence-corrected chi connectivity index (χ4v) is 2.43. The highest BCUT2D eigenvalue weighted by Crippen LogP contribution is 2.29. The molecule has 0 aliphatic carbocycles. The van der Waals surface area contributed by atoms with Crippen LogP contribution in [0, 0.1) is 11.6 Å². The molecule has 1 unspecified atom stereocenters. The number of carbonyl (C=O) groups is 1. The van der Waals surface area contributed by atoms with Crippen LogP contribution < -0.4 is 5.32 Å². The maximum atomic E-state index is 13.7. The van der Waals surface area contributed by atoms with E-state index in [-0.39, 0.29) is 5.69 Å². The number of rotatable bonds is 4. The first-order valence-corrected chi connectivity index (χ1v) is 6.86. The molecule has 1 atom stereocenters. The molecule has 0 spiro atoms. The lowest BCUT2D eigenvalue weighted by Crippen LogP contribution is -2.23. The Morgan fingerprint density at radius 3 is 2.57 bits per heavy atom. The molecule has 3 nitrogen and oxygen atoms in total. The molecule has 6 heteroatoms. The predicted molar refractivity (Wildman–Crippen MR) is 78.9 cm³/mol. The van der Waals surface area contributed by atoms with Gasteiger partial charge in [0.05, 0.1) is 12.8 Å². The smallest absolute Gasteiger partial charge is 0.333 e. The van der Waals surface area contributed by atoms with E-state index in [1.807, 2.05) is 0 Å². The Labute approximate surface area is 129 Å². The minimum Gasteiger partial charge on any atom is -0.467 e. The molecule has 0 fully saturated rings. The highest BCUT2D eigenvalue weighted by Gasteiger charge is 2.24. The summed E-state index contributed by atoms with van der Waals surface area (Å²) in [6.07, 6.45) is 0. The van der Waals surface area contributed by atoms with E-state index < -0.39 is 23.6 Å². The zero-order chi connectivity index (χ0) is 15.4. The molecule has 0 heterocycles. The van der Waals surface area contributed by atoms with Crippen LogP contribution in [0.25, 0.3) is 0 Å². The van der Waals surface area contributed by atoms with Gasteiger partial charge in [-0.15, -0.1) is 0 Å². The van der Waals surface area contributed by atoms with Crippen LogP contribution >= 0.6 is 15.9 Å². The molecule has 2 rings (SSSR count). The molecule has 0 aliphatic rings. The normalized spacial score (nSPS) is 11.8. The number of carbonyl (C=O) groups excluding carboxylic acids is 1. The molecule has 110 valence electrons. The van der Waals surface area contributed by atoms with Crippen molar-refractivity contribution in [3.05, 3.63) is 64.1 Å². The molecule has 0 radical (unpaired) electrons. The second kappa shape index (κ2) is 6.67. The zero-order valence-electron chi connectivity index (χ0n) is 11.1. The third kappa shape index (κ3) is 3.58. The molecule has 0 bridgehead atoms. The Morgan fingerprint density at radius 1 is 1.24 bits per heavy atom. The first-order valence-electron chi connectivity index (χ1n) is 6.06. The number of ether oxygens (including phenoxy) is 1. The first kappa shape index (κ1) is 15.4. The van der Waals surface area contributed by atoms with Crippen molar-refractivity contribution < 1.29 is 18.3 Å². The van der Waals surface area contributed by atoms with Crippen LogP contribution in [0.4, 0.5) is 14.5 Å². The summed E-state index contributed by atoms with van der Waals surface area (Å²) >= 11 is 3.20. The summed E-state index contributed by atoms with van der Waals surface area (Å²) in [6.45, 7) is 0. The van der Waals surface area contributed by atoms with Gasteiger partial charge in [0.1, 0.15) is 11.6 Å². The van der Waals surface area contributed by atoms with Gasteiger partial charge in [-0.05, 0) is 29.8 Å². The van der Waals surface area contributed by atoms with Crippen LogP contribution in [0.15, 0.2) is 46.9 Å². The van der Waals surface area contributed by atoms with Gasteiger partial charge < -0.3 is 10.1 Å². The lowest BCUT2D eigenvalue weighted by atomic mass is 10.1. The Bertz CT molecular complexity index is 664. The van der Waals surface area contributed by atoms with Crippen molar-refractivity contribution in [3.8, 4) is 0 Å². The molecule has 0 amide bonds. The molecule has 2 aromatic carbocycles. The summed E-state index contributed by atoms with van der Waals surface area (Å²) in [5.41, 5.74) is 0.607. The van der Waals surface area contributed by atoms with Gasteiger partial charge >= 0.3 is 5.97 Å². The summed E-state index contributed by atoms with van der Waals surface area (Å²) in [6, 6.07) is 8.89. The Morgan fingerprint density at radius 2 is 1.95 bits per heavy atom. The van der Waals surface area contributed by atoms with Crippen molar-refractivity contribution >= 4 is 27.6 Å². The van der Waals surface area contributed by atoms with Gasteiger partial charge in [-0.3, -0.25) is 0 Å². The van der Waals surface area contributed by atoms with E-state index in [2.05, 4.69) is 21.2 Å². The lowest BCUT2D eigenvalue weighted by molar-refractivity contribution is -0.141. The van der Waals surface area contributed by atoms with Gasteiger partial charge in [0.2, 0.25) is 0 Å². The fourth-order valence-electron chi connectivity index (χ4n) is 1.85. The Hall–Kier alpha value is -1.95. The Balaban J connectivity index is 2.40. The number of hydrogen-bond donors (Lipinski definition) is 1. The highest BCUT2D eigenvalue weighted by atomic mass is 79.9. The van der Waals surface area contributed by atoms with Crippen molar-refractivity contribution in [2.75, 3.05) is 12.4 Å². The molecule has 0 aliphatic heterocycles. The lowest BCUT2D eigenvalue weighted by Gasteiger charge is -2.19. The fraction of sp³-hybridized carbons (Fsp3) is 0.133. The van der Waals surface area contributed by atoms with E-state index in [9.17, 15) is 13.6 Å². The van der Waals surface area contributed by atoms with Gasteiger partial charge in [-0.25, -0.2) is 13.6 Å². The standard InChI is InChI=1S/C15H12BrF2NO2/c1-21-15(20)14(10-7-6-9(17)8-11(10)16)19-13-5-3-2-4-12(13)18/h2-8,14,19H,1H3. The van der Waals surface area contributed by atoms with Crippen molar-refractivity contribution in [2.24, 2.45) is 0 Å². The zero-order valence-corrected chi connectivity index (χ0v) is 12.7. The second-order valence-electron chi connectivity index (χ2n) is 4.25. The number of nitrogens with one attached hydrogen (secondary N) is 1. The van der Waals surface area contributed by atoms with Crippen LogP contribution in [0.5, 0.6) is 0 Å². The first-order chi connectivity index (χ1) is 10.0. The number of hydrogen-bond acceptors (Lipinski definition) is 3. The van der Waals surface area contributed by atoms with Gasteiger partial charge in [-0.2, -0.15) is 0 Å². The summed E-state index contributed by atoms with van der Waals surface area (Å²) in [5.74, 6) is -1.55. The van der Waals surface area contributed by atoms with Gasteiger partial charge in [0.15, 0.2) is 6.04 Å². The van der Waals surface area contributed by atoms with E-state index >= 15 is 0 Å². The molecular weight excluding hydrogens is 344 g/mol. The molecular formula is C15H12BrF2NO2. The van der Waals surface area contributed by atoms with Crippen molar-refractivity contribution in [2.45, 2.75) is 6.04 Å². The van der Waals surface area contributed by atoms with E-state index in [1.165, 1.54) is 37.4 Å². The number of para-hydroxylation sites is 1. The van der Waals surface area contributed by atoms with Gasteiger partial charge in [0, 0.05) is 4.47 Å². The summed E-state index contributed by atoms with van der Waals surface area (Å²) in [7, 11) is 1.23. The van der Waals surface area contributed by atoms with Crippen LogP contribution in [0.2, 0.25) is 0 Å². The summed E-state index contributed by atoms with van der Waals surface area (Å²) in [5, 5.41) is 2.77. The van der Waals surface area contributed by atoms with Gasteiger partial charge in [-0.1, -0.05) is 34.1 Å². The van der Waals surface area contributed by atoms with Gasteiger partial charge in [0.25, 0.3) is 0 Å². The highest BCUT2D eigenvalue weighted by molar-refractivity contribution is 9.10. The minimum absolute atomic E-state index is 0.157. The second-order valence-corrected chi connectivity index (χ2v) is 5.10. The van der Waals surface area contributed by atoms with E-state index in [0.717, 1.165) is 0 Å². The van der Waals surface area contributed by atoms with Crippen LogP contribution in [-0.4, -0.2) is 13.1 Å². The number of benzene rings is 2. The maximum Gasteiger partial charge on any atom is 0.333 e. The van der Waals surface area contributed by atoms with E-state index in [1.54, 1.807) is 12.1 Å². The summed E-state index contributed by atoms with van der Waals surface area (Å²) < 4.78 is 32.0. The molecule has 0 aromatic heterocycles. The average molecular weight is 356 g/mol. The molecule has 0 saturated carbocycles. The van der Waals surface area contributed by atoms with E-state index in [4.69, 9.17) is 4.74 Å². The van der Waals surface area contributed by atoms with Crippen molar-refractivity contribution in [3.63, 3.8) is 0 Å². The molecule has 21 heavy (non-hydrogen) atoms. The SMILES string of the molecule is COC(=O)C(Nc1ccccc1F)c1ccc(F)cc1Br. The van der Waals surface area contributed by atoms with Crippen molar-refractivity contribution in [1.82, 2.24) is 0 Å².